The zero-order chi connectivity index (χ0) is 31.4. The number of fused-ring (bicyclic) bond motifs is 2. The molecule has 0 aromatic carbocycles. The highest BCUT2D eigenvalue weighted by Crippen LogP contribution is 2.46. The Morgan fingerprint density at radius 2 is 1.91 bits per heavy atom. The molecule has 238 valence electrons. The van der Waals surface area contributed by atoms with E-state index >= 15 is 0 Å². The number of ether oxygens (including phenoxy) is 1. The molecule has 4 amide bonds. The molecular weight excluding hydrogens is 576 g/mol. The van der Waals surface area contributed by atoms with Crippen LogP contribution in [0.5, 0.6) is 0 Å². The van der Waals surface area contributed by atoms with E-state index in [9.17, 15) is 27.6 Å². The molecule has 0 spiro atoms. The Labute approximate surface area is 253 Å². The molecular formula is C29H44N6O7S. The molecule has 0 radical (unpaired) electrons. The van der Waals surface area contributed by atoms with Crippen LogP contribution in [-0.2, 0) is 29.3 Å². The van der Waals surface area contributed by atoms with E-state index in [1.54, 1.807) is 20.8 Å². The number of rotatable bonds is 7. The van der Waals surface area contributed by atoms with Crippen molar-refractivity contribution in [2.45, 2.75) is 121 Å². The first-order valence-electron chi connectivity index (χ1n) is 15.3. The molecule has 2 aliphatic heterocycles. The van der Waals surface area contributed by atoms with Gasteiger partial charge in [0.1, 0.15) is 11.6 Å². The maximum absolute atomic E-state index is 13.7. The summed E-state index contributed by atoms with van der Waals surface area (Å²) in [5, 5.41) is 14.5. The maximum atomic E-state index is 13.7. The summed E-state index contributed by atoms with van der Waals surface area (Å²) in [4.78, 5) is 54.9. The van der Waals surface area contributed by atoms with E-state index < -0.39 is 63.2 Å². The highest BCUT2D eigenvalue weighted by molar-refractivity contribution is 7.87. The third-order valence-corrected chi connectivity index (χ3v) is 9.78. The molecule has 2 aliphatic carbocycles. The van der Waals surface area contributed by atoms with E-state index in [0.29, 0.717) is 51.5 Å². The van der Waals surface area contributed by atoms with Gasteiger partial charge in [0.25, 0.3) is 11.8 Å². The fraction of sp³-hybridized carbons (Fsp3) is 0.759. The third-order valence-electron chi connectivity index (χ3n) is 8.24. The Hall–Kier alpha value is -3.18. The lowest BCUT2D eigenvalue weighted by Crippen LogP contribution is -2.58. The van der Waals surface area contributed by atoms with Crippen LogP contribution in [0, 0.1) is 17.2 Å². The average molecular weight is 621 g/mol. The molecule has 14 heteroatoms. The van der Waals surface area contributed by atoms with Gasteiger partial charge in [-0.25, -0.2) is 9.52 Å². The molecule has 0 aromatic rings. The number of carbonyl (C=O) groups is 4. The van der Waals surface area contributed by atoms with Crippen molar-refractivity contribution in [2.75, 3.05) is 13.1 Å². The molecule has 0 bridgehead atoms. The van der Waals surface area contributed by atoms with Crippen LogP contribution in [-0.4, -0.2) is 83.8 Å². The van der Waals surface area contributed by atoms with Gasteiger partial charge in [0.05, 0.1) is 6.07 Å². The SMILES string of the molecule is CC(C)(C)NC(=O)O[C@H]1CCCCCC=C[C@@H]2C[C@@]2(C(=O)NS(=O)(=O)N(CCC#N)C2CC2)NC(=O)[C@@H]2CCCN2C1=O. The van der Waals surface area contributed by atoms with Gasteiger partial charge in [0, 0.05) is 37.0 Å². The second-order valence-electron chi connectivity index (χ2n) is 13.0. The van der Waals surface area contributed by atoms with Crippen LogP contribution in [0.25, 0.3) is 0 Å². The molecule has 43 heavy (non-hydrogen) atoms. The molecule has 0 unspecified atom stereocenters. The van der Waals surface area contributed by atoms with Crippen LogP contribution >= 0.6 is 0 Å². The number of hydrogen-bond donors (Lipinski definition) is 3. The van der Waals surface area contributed by atoms with Crippen molar-refractivity contribution >= 4 is 34.0 Å². The summed E-state index contributed by atoms with van der Waals surface area (Å²) in [6.45, 7) is 5.68. The highest BCUT2D eigenvalue weighted by atomic mass is 32.2. The van der Waals surface area contributed by atoms with E-state index in [1.165, 1.54) is 4.90 Å². The second-order valence-corrected chi connectivity index (χ2v) is 14.6. The van der Waals surface area contributed by atoms with Crippen molar-refractivity contribution < 1.29 is 32.3 Å². The number of alkyl carbamates (subject to hydrolysis) is 1. The standard InChI is InChI=1S/C29H44N6O7S/c1-28(2,3)32-27(39)42-23-13-8-6-4-5-7-11-20-19-29(20,31-24(36)22-12-9-17-34(22)25(23)37)26(38)33-43(40,41)35(18-10-16-30)21-14-15-21/h7,11,20-23H,4-6,8-10,12-15,17-19H2,1-3H3,(H,31,36)(H,32,39)(H,33,38)/t20-,22+,23+,29-/m1/s1. The number of carbonyl (C=O) groups excluding carboxylic acids is 4. The Bertz CT molecular complexity index is 1270. The molecule has 4 atom stereocenters. The third kappa shape index (κ3) is 8.26. The molecule has 2 heterocycles. The monoisotopic (exact) mass is 620 g/mol. The van der Waals surface area contributed by atoms with E-state index in [4.69, 9.17) is 10.00 Å². The molecule has 3 fully saturated rings. The fourth-order valence-corrected chi connectivity index (χ4v) is 7.26. The summed E-state index contributed by atoms with van der Waals surface area (Å²) in [6, 6.07) is 0.798. The van der Waals surface area contributed by atoms with Gasteiger partial charge in [-0.05, 0) is 78.6 Å². The van der Waals surface area contributed by atoms with E-state index in [-0.39, 0.29) is 25.4 Å². The summed E-state index contributed by atoms with van der Waals surface area (Å²) in [5.74, 6) is -2.25. The normalized spacial score (nSPS) is 28.4. The van der Waals surface area contributed by atoms with Crippen LogP contribution < -0.4 is 15.4 Å². The van der Waals surface area contributed by atoms with Gasteiger partial charge < -0.3 is 20.3 Å². The summed E-state index contributed by atoms with van der Waals surface area (Å²) in [5.41, 5.74) is -2.04. The van der Waals surface area contributed by atoms with Crippen LogP contribution in [0.15, 0.2) is 12.2 Å². The van der Waals surface area contributed by atoms with Crippen LogP contribution in [0.3, 0.4) is 0 Å². The van der Waals surface area contributed by atoms with Gasteiger partial charge in [-0.2, -0.15) is 18.0 Å². The van der Waals surface area contributed by atoms with E-state index in [1.807, 2.05) is 18.2 Å². The minimum Gasteiger partial charge on any atom is -0.436 e. The second kappa shape index (κ2) is 13.2. The van der Waals surface area contributed by atoms with Crippen molar-refractivity contribution in [1.82, 2.24) is 24.6 Å². The molecule has 3 N–H and O–H groups in total. The quantitative estimate of drug-likeness (QED) is 0.362. The van der Waals surface area contributed by atoms with Gasteiger partial charge in [-0.15, -0.1) is 0 Å². The Morgan fingerprint density at radius 1 is 1.16 bits per heavy atom. The highest BCUT2D eigenvalue weighted by Gasteiger charge is 2.61. The molecule has 2 saturated carbocycles. The summed E-state index contributed by atoms with van der Waals surface area (Å²) >= 11 is 0. The van der Waals surface area contributed by atoms with Crippen LogP contribution in [0.1, 0.15) is 91.4 Å². The predicted molar refractivity (Wildman–Crippen MR) is 156 cm³/mol. The molecule has 0 aromatic heterocycles. The number of nitrogens with one attached hydrogen (secondary N) is 3. The van der Waals surface area contributed by atoms with Crippen molar-refractivity contribution in [1.29, 1.82) is 5.26 Å². The van der Waals surface area contributed by atoms with E-state index in [0.717, 1.165) is 17.1 Å². The smallest absolute Gasteiger partial charge is 0.408 e. The summed E-state index contributed by atoms with van der Waals surface area (Å²) in [7, 11) is -4.24. The number of nitrogens with zero attached hydrogens (tertiary/aromatic N) is 3. The number of hydrogen-bond acceptors (Lipinski definition) is 8. The lowest BCUT2D eigenvalue weighted by Gasteiger charge is -2.30. The Balaban J connectivity index is 1.54. The minimum absolute atomic E-state index is 0.00699. The first-order chi connectivity index (χ1) is 20.3. The lowest BCUT2D eigenvalue weighted by atomic mass is 10.1. The largest absolute Gasteiger partial charge is 0.436 e. The van der Waals surface area contributed by atoms with Crippen molar-refractivity contribution in [2.24, 2.45) is 5.92 Å². The van der Waals surface area contributed by atoms with Gasteiger partial charge in [0.15, 0.2) is 6.10 Å². The Morgan fingerprint density at radius 3 is 2.58 bits per heavy atom. The fourth-order valence-electron chi connectivity index (χ4n) is 5.79. The van der Waals surface area contributed by atoms with Crippen molar-refractivity contribution in [3.05, 3.63) is 12.2 Å². The van der Waals surface area contributed by atoms with Gasteiger partial charge in [-0.3, -0.25) is 14.4 Å². The van der Waals surface area contributed by atoms with Crippen LogP contribution in [0.4, 0.5) is 4.79 Å². The Kier molecular flexibility index (Phi) is 10.1. The molecule has 1 saturated heterocycles. The predicted octanol–water partition coefficient (Wildman–Crippen LogP) is 2.00. The zero-order valence-corrected chi connectivity index (χ0v) is 26.1. The summed E-state index contributed by atoms with van der Waals surface area (Å²) < 4.78 is 35.3. The lowest BCUT2D eigenvalue weighted by molar-refractivity contribution is -0.146. The first kappa shape index (κ1) is 32.7. The maximum Gasteiger partial charge on any atom is 0.408 e. The number of amides is 4. The number of allylic oxidation sites excluding steroid dienone is 1. The van der Waals surface area contributed by atoms with Crippen molar-refractivity contribution in [3.8, 4) is 6.07 Å². The zero-order valence-electron chi connectivity index (χ0n) is 25.3. The number of nitriles is 1. The first-order valence-corrected chi connectivity index (χ1v) is 16.7. The molecule has 13 nitrogen and oxygen atoms in total. The van der Waals surface area contributed by atoms with Crippen LogP contribution in [0.2, 0.25) is 0 Å². The van der Waals surface area contributed by atoms with Gasteiger partial charge >= 0.3 is 16.3 Å². The average Bonchev–Trinajstić information content (AvgIpc) is 3.81. The molecule has 4 aliphatic rings. The topological polar surface area (TPSA) is 178 Å². The minimum atomic E-state index is -4.24. The van der Waals surface area contributed by atoms with Gasteiger partial charge in [-0.1, -0.05) is 18.6 Å². The van der Waals surface area contributed by atoms with Crippen molar-refractivity contribution in [3.63, 3.8) is 0 Å². The van der Waals surface area contributed by atoms with Gasteiger partial charge in [0.2, 0.25) is 5.91 Å². The van der Waals surface area contributed by atoms with E-state index in [2.05, 4.69) is 15.4 Å². The summed E-state index contributed by atoms with van der Waals surface area (Å²) in [6.07, 6.45) is 7.70. The molecule has 4 rings (SSSR count).